The second kappa shape index (κ2) is 3.27. The smallest absolute Gasteiger partial charge is 0.284 e. The molecule has 6 heteroatoms. The molecule has 0 bridgehead atoms. The lowest BCUT2D eigenvalue weighted by molar-refractivity contribution is 0.872. The molecule has 0 unspecified atom stereocenters. The Morgan fingerprint density at radius 1 is 1.06 bits per heavy atom. The highest BCUT2D eigenvalue weighted by Crippen LogP contribution is 2.22. The fraction of sp³-hybridized carbons (Fsp3) is 0. The summed E-state index contributed by atoms with van der Waals surface area (Å²) in [6.45, 7) is 0. The summed E-state index contributed by atoms with van der Waals surface area (Å²) >= 11 is 0. The van der Waals surface area contributed by atoms with Crippen LogP contribution < -0.4 is 16.5 Å². The molecule has 0 saturated carbocycles. The number of fused-ring (bicyclic) bond motifs is 3. The van der Waals surface area contributed by atoms with E-state index in [2.05, 4.69) is 26.3 Å². The second-order valence-corrected chi connectivity index (χ2v) is 3.33. The van der Waals surface area contributed by atoms with Gasteiger partial charge in [0.1, 0.15) is 5.52 Å². The normalized spacial score (nSPS) is 12.8. The summed E-state index contributed by atoms with van der Waals surface area (Å²) in [6.07, 6.45) is 1.65. The predicted molar refractivity (Wildman–Crippen MR) is 60.2 cm³/mol. The van der Waals surface area contributed by atoms with Gasteiger partial charge in [0.2, 0.25) is 0 Å². The Balaban J connectivity index is 2.45. The number of anilines is 1. The Morgan fingerprint density at radius 2 is 1.94 bits per heavy atom. The number of nitrogens with zero attached hydrogens (tertiary/aromatic N) is 3. The number of nitrogens with one attached hydrogen (secondary N) is 2. The van der Waals surface area contributed by atoms with Crippen molar-refractivity contribution in [2.75, 3.05) is 5.43 Å². The van der Waals surface area contributed by atoms with E-state index in [0.29, 0.717) is 5.52 Å². The van der Waals surface area contributed by atoms with Gasteiger partial charge in [0, 0.05) is 17.0 Å². The SMILES string of the molecule is O=c1ccc2ccc3c(c2nn1)C=NNN3. The zero-order valence-corrected chi connectivity index (χ0v) is 8.14. The van der Waals surface area contributed by atoms with E-state index in [1.807, 2.05) is 12.1 Å². The minimum absolute atomic E-state index is 0.358. The quantitative estimate of drug-likeness (QED) is 0.656. The maximum atomic E-state index is 11.1. The summed E-state index contributed by atoms with van der Waals surface area (Å²) < 4.78 is 0. The molecule has 1 aromatic heterocycles. The van der Waals surface area contributed by atoms with E-state index < -0.39 is 0 Å². The molecule has 2 heterocycles. The van der Waals surface area contributed by atoms with Gasteiger partial charge in [-0.15, -0.1) is 10.2 Å². The molecule has 0 fully saturated rings. The van der Waals surface area contributed by atoms with E-state index in [0.717, 1.165) is 16.6 Å². The van der Waals surface area contributed by atoms with Gasteiger partial charge in [-0.3, -0.25) is 10.2 Å². The van der Waals surface area contributed by atoms with Crippen molar-refractivity contribution in [1.29, 1.82) is 0 Å². The van der Waals surface area contributed by atoms with E-state index in [1.165, 1.54) is 6.07 Å². The predicted octanol–water partition coefficient (Wildman–Crippen LogP) is 0.254. The summed E-state index contributed by atoms with van der Waals surface area (Å²) in [5.74, 6) is 0. The summed E-state index contributed by atoms with van der Waals surface area (Å²) in [5.41, 5.74) is 7.49. The van der Waals surface area contributed by atoms with Crippen molar-refractivity contribution < 1.29 is 0 Å². The van der Waals surface area contributed by atoms with Gasteiger partial charge in [0.05, 0.1) is 11.9 Å². The molecule has 16 heavy (non-hydrogen) atoms. The largest absolute Gasteiger partial charge is 0.288 e. The molecule has 2 aromatic rings. The van der Waals surface area contributed by atoms with Crippen molar-refractivity contribution in [3.05, 3.63) is 40.2 Å². The summed E-state index contributed by atoms with van der Waals surface area (Å²) in [7, 11) is 0. The lowest BCUT2D eigenvalue weighted by atomic mass is 10.1. The first-order valence-electron chi connectivity index (χ1n) is 4.69. The van der Waals surface area contributed by atoms with Gasteiger partial charge >= 0.3 is 0 Å². The highest BCUT2D eigenvalue weighted by Gasteiger charge is 2.09. The molecule has 1 aromatic carbocycles. The van der Waals surface area contributed by atoms with E-state index in [-0.39, 0.29) is 5.56 Å². The number of hydrazine groups is 1. The van der Waals surface area contributed by atoms with Crippen LogP contribution >= 0.6 is 0 Å². The van der Waals surface area contributed by atoms with E-state index in [1.54, 1.807) is 12.3 Å². The number of hydrazone groups is 1. The molecular formula is C10H7N5O. The van der Waals surface area contributed by atoms with Crippen LogP contribution in [0.3, 0.4) is 0 Å². The van der Waals surface area contributed by atoms with E-state index in [4.69, 9.17) is 0 Å². The fourth-order valence-electron chi connectivity index (χ4n) is 1.59. The first kappa shape index (κ1) is 8.78. The highest BCUT2D eigenvalue weighted by atomic mass is 16.1. The van der Waals surface area contributed by atoms with E-state index in [9.17, 15) is 4.79 Å². The van der Waals surface area contributed by atoms with Crippen molar-refractivity contribution in [2.24, 2.45) is 5.10 Å². The minimum atomic E-state index is -0.358. The van der Waals surface area contributed by atoms with Gasteiger partial charge in [0.25, 0.3) is 5.56 Å². The molecule has 1 aliphatic heterocycles. The van der Waals surface area contributed by atoms with Gasteiger partial charge in [0.15, 0.2) is 0 Å². The molecule has 0 radical (unpaired) electrons. The number of aromatic nitrogens is 2. The van der Waals surface area contributed by atoms with Crippen LogP contribution in [-0.4, -0.2) is 16.4 Å². The average molecular weight is 213 g/mol. The van der Waals surface area contributed by atoms with Crippen molar-refractivity contribution in [3.63, 3.8) is 0 Å². The van der Waals surface area contributed by atoms with Crippen molar-refractivity contribution >= 4 is 22.8 Å². The van der Waals surface area contributed by atoms with Crippen LogP contribution in [0.25, 0.3) is 10.9 Å². The zero-order valence-electron chi connectivity index (χ0n) is 8.14. The molecule has 78 valence electrons. The van der Waals surface area contributed by atoms with Crippen LogP contribution in [0.4, 0.5) is 5.69 Å². The van der Waals surface area contributed by atoms with Gasteiger partial charge in [-0.05, 0) is 12.1 Å². The van der Waals surface area contributed by atoms with Gasteiger partial charge in [-0.1, -0.05) is 6.07 Å². The Kier molecular flexibility index (Phi) is 1.79. The van der Waals surface area contributed by atoms with Crippen LogP contribution in [0.15, 0.2) is 34.2 Å². The first-order valence-corrected chi connectivity index (χ1v) is 4.69. The maximum absolute atomic E-state index is 11.1. The molecule has 0 aliphatic carbocycles. The Hall–Kier alpha value is -2.50. The van der Waals surface area contributed by atoms with Crippen molar-refractivity contribution in [1.82, 2.24) is 15.7 Å². The summed E-state index contributed by atoms with van der Waals surface area (Å²) in [4.78, 5) is 11.1. The van der Waals surface area contributed by atoms with Crippen LogP contribution in [-0.2, 0) is 0 Å². The zero-order chi connectivity index (χ0) is 11.0. The van der Waals surface area contributed by atoms with Gasteiger partial charge in [-0.2, -0.15) is 5.10 Å². The van der Waals surface area contributed by atoms with Crippen molar-refractivity contribution in [2.45, 2.75) is 0 Å². The number of hydrogen-bond acceptors (Lipinski definition) is 6. The first-order chi connectivity index (χ1) is 7.84. The third-order valence-corrected chi connectivity index (χ3v) is 2.35. The molecule has 0 atom stereocenters. The Labute approximate surface area is 90.0 Å². The summed E-state index contributed by atoms with van der Waals surface area (Å²) in [5, 5.41) is 12.2. The van der Waals surface area contributed by atoms with E-state index >= 15 is 0 Å². The average Bonchev–Trinajstić information content (AvgIpc) is 2.52. The number of benzene rings is 1. The Morgan fingerprint density at radius 3 is 2.88 bits per heavy atom. The molecular weight excluding hydrogens is 206 g/mol. The van der Waals surface area contributed by atoms with Crippen LogP contribution in [0.5, 0.6) is 0 Å². The fourth-order valence-corrected chi connectivity index (χ4v) is 1.59. The molecule has 6 nitrogen and oxygen atoms in total. The van der Waals surface area contributed by atoms with Crippen LogP contribution in [0, 0.1) is 0 Å². The molecule has 0 saturated heterocycles. The molecule has 1 aliphatic rings. The lowest BCUT2D eigenvalue weighted by Crippen LogP contribution is -2.20. The number of hydrogen-bond donors (Lipinski definition) is 2. The second-order valence-electron chi connectivity index (χ2n) is 3.33. The third-order valence-electron chi connectivity index (χ3n) is 2.35. The molecule has 0 amide bonds. The monoisotopic (exact) mass is 213 g/mol. The third kappa shape index (κ3) is 1.28. The van der Waals surface area contributed by atoms with Gasteiger partial charge < -0.3 is 0 Å². The highest BCUT2D eigenvalue weighted by molar-refractivity contribution is 6.03. The van der Waals surface area contributed by atoms with Crippen molar-refractivity contribution in [3.8, 4) is 0 Å². The van der Waals surface area contributed by atoms with Crippen LogP contribution in [0.2, 0.25) is 0 Å². The van der Waals surface area contributed by atoms with Gasteiger partial charge in [-0.25, -0.2) is 5.53 Å². The molecule has 0 spiro atoms. The lowest BCUT2D eigenvalue weighted by Gasteiger charge is -2.13. The summed E-state index contributed by atoms with van der Waals surface area (Å²) in [6, 6.07) is 6.86. The Bertz CT molecular complexity index is 652. The molecule has 2 N–H and O–H groups in total. The standard InChI is InChI=1S/C10H7N5O/c16-9-4-2-6-1-3-8-7(5-11-15-12-8)10(6)14-13-9/h1-5,12,15H. The maximum Gasteiger partial charge on any atom is 0.288 e. The molecule has 3 rings (SSSR count). The topological polar surface area (TPSA) is 79.3 Å². The number of rotatable bonds is 0. The minimum Gasteiger partial charge on any atom is -0.284 e. The van der Waals surface area contributed by atoms with Crippen LogP contribution in [0.1, 0.15) is 5.56 Å².